The van der Waals surface area contributed by atoms with E-state index in [1.54, 1.807) is 0 Å². The molecular weight excluding hydrogens is 252 g/mol. The third-order valence-corrected chi connectivity index (χ3v) is 3.14. The molecule has 1 atom stereocenters. The van der Waals surface area contributed by atoms with E-state index in [-0.39, 0.29) is 18.7 Å². The maximum absolute atomic E-state index is 11.8. The fourth-order valence-electron chi connectivity index (χ4n) is 2.09. The highest BCUT2D eigenvalue weighted by molar-refractivity contribution is 5.71. The molecule has 0 saturated carbocycles. The van der Waals surface area contributed by atoms with Crippen molar-refractivity contribution >= 4 is 5.97 Å². The summed E-state index contributed by atoms with van der Waals surface area (Å²) in [7, 11) is 0. The van der Waals surface area contributed by atoms with Crippen molar-refractivity contribution < 1.29 is 14.3 Å². The summed E-state index contributed by atoms with van der Waals surface area (Å²) in [5, 5.41) is 0. The Bertz CT molecular complexity index is 362. The second-order valence-electron chi connectivity index (χ2n) is 5.00. The van der Waals surface area contributed by atoms with Crippen molar-refractivity contribution in [2.24, 2.45) is 0 Å². The predicted molar refractivity (Wildman–Crippen MR) is 80.9 cm³/mol. The molecule has 1 unspecified atom stereocenters. The van der Waals surface area contributed by atoms with Crippen LogP contribution in [-0.4, -0.2) is 18.7 Å². The van der Waals surface area contributed by atoms with Crippen LogP contribution in [0.4, 0.5) is 0 Å². The minimum atomic E-state index is -0.274. The van der Waals surface area contributed by atoms with Gasteiger partial charge in [-0.2, -0.15) is 0 Å². The molecule has 1 aromatic carbocycles. The maximum Gasteiger partial charge on any atom is 0.344 e. The van der Waals surface area contributed by atoms with E-state index in [2.05, 4.69) is 13.8 Å². The number of benzene rings is 1. The normalized spacial score (nSPS) is 11.9. The first-order valence-electron chi connectivity index (χ1n) is 7.63. The minimum Gasteiger partial charge on any atom is -0.482 e. The molecule has 0 fully saturated rings. The van der Waals surface area contributed by atoms with Crippen molar-refractivity contribution in [3.63, 3.8) is 0 Å². The largest absolute Gasteiger partial charge is 0.482 e. The molecule has 0 heterocycles. The van der Waals surface area contributed by atoms with Crippen LogP contribution in [-0.2, 0) is 9.53 Å². The first-order chi connectivity index (χ1) is 9.76. The molecule has 3 heteroatoms. The molecule has 112 valence electrons. The monoisotopic (exact) mass is 278 g/mol. The highest BCUT2D eigenvalue weighted by Crippen LogP contribution is 2.13. The van der Waals surface area contributed by atoms with E-state index in [0.29, 0.717) is 5.75 Å². The molecule has 0 aromatic heterocycles. The van der Waals surface area contributed by atoms with Gasteiger partial charge in [0.1, 0.15) is 11.9 Å². The van der Waals surface area contributed by atoms with Crippen LogP contribution < -0.4 is 4.74 Å². The lowest BCUT2D eigenvalue weighted by Gasteiger charge is -2.17. The van der Waals surface area contributed by atoms with E-state index in [9.17, 15) is 4.79 Å². The molecule has 1 aromatic rings. The number of esters is 1. The Labute approximate surface area is 122 Å². The Kier molecular flexibility index (Phi) is 8.52. The van der Waals surface area contributed by atoms with E-state index in [0.717, 1.165) is 25.7 Å². The first-order valence-corrected chi connectivity index (χ1v) is 7.63. The summed E-state index contributed by atoms with van der Waals surface area (Å²) in [5.41, 5.74) is 0. The van der Waals surface area contributed by atoms with Crippen molar-refractivity contribution in [3.8, 4) is 5.75 Å². The van der Waals surface area contributed by atoms with Crippen molar-refractivity contribution in [1.82, 2.24) is 0 Å². The van der Waals surface area contributed by atoms with Crippen LogP contribution in [0.3, 0.4) is 0 Å². The summed E-state index contributed by atoms with van der Waals surface area (Å²) in [4.78, 5) is 11.8. The lowest BCUT2D eigenvalue weighted by atomic mass is 10.1. The topological polar surface area (TPSA) is 35.5 Å². The van der Waals surface area contributed by atoms with E-state index in [4.69, 9.17) is 9.47 Å². The number of carbonyl (C=O) groups is 1. The van der Waals surface area contributed by atoms with Crippen LogP contribution in [0.5, 0.6) is 5.75 Å². The summed E-state index contributed by atoms with van der Waals surface area (Å²) in [6.45, 7) is 4.27. The van der Waals surface area contributed by atoms with Gasteiger partial charge in [-0.25, -0.2) is 4.79 Å². The van der Waals surface area contributed by atoms with Crippen molar-refractivity contribution in [2.45, 2.75) is 58.5 Å². The summed E-state index contributed by atoms with van der Waals surface area (Å²) in [6.07, 6.45) is 6.46. The molecule has 20 heavy (non-hydrogen) atoms. The maximum atomic E-state index is 11.8. The average molecular weight is 278 g/mol. The molecule has 0 N–H and O–H groups in total. The molecule has 0 spiro atoms. The number of para-hydroxylation sites is 1. The lowest BCUT2D eigenvalue weighted by Crippen LogP contribution is -2.22. The molecule has 0 bridgehead atoms. The molecule has 0 radical (unpaired) electrons. The van der Waals surface area contributed by atoms with Gasteiger partial charge in [-0.1, -0.05) is 51.3 Å². The SMILES string of the molecule is CCCCCC(CCC)OC(=O)COc1ccccc1. The average Bonchev–Trinajstić information content (AvgIpc) is 2.47. The van der Waals surface area contributed by atoms with Crippen molar-refractivity contribution in [3.05, 3.63) is 30.3 Å². The fraction of sp³-hybridized carbons (Fsp3) is 0.588. The zero-order chi connectivity index (χ0) is 14.6. The molecule has 0 saturated heterocycles. The molecule has 0 amide bonds. The van der Waals surface area contributed by atoms with Gasteiger partial charge in [0.2, 0.25) is 0 Å². The molecular formula is C17H26O3. The van der Waals surface area contributed by atoms with E-state index >= 15 is 0 Å². The third kappa shape index (κ3) is 7.17. The molecule has 0 aliphatic heterocycles. The van der Waals surface area contributed by atoms with Gasteiger partial charge in [0.05, 0.1) is 0 Å². The standard InChI is InChI=1S/C17H26O3/c1-3-5-7-13-16(10-4-2)20-17(18)14-19-15-11-8-6-9-12-15/h6,8-9,11-12,16H,3-5,7,10,13-14H2,1-2H3. The van der Waals surface area contributed by atoms with Gasteiger partial charge in [0.25, 0.3) is 0 Å². The Balaban J connectivity index is 2.29. The van der Waals surface area contributed by atoms with Crippen LogP contribution in [0.1, 0.15) is 52.4 Å². The molecule has 1 rings (SSSR count). The number of ether oxygens (including phenoxy) is 2. The smallest absolute Gasteiger partial charge is 0.344 e. The predicted octanol–water partition coefficient (Wildman–Crippen LogP) is 4.36. The fourth-order valence-corrected chi connectivity index (χ4v) is 2.09. The first kappa shape index (κ1) is 16.5. The lowest BCUT2D eigenvalue weighted by molar-refractivity contribution is -0.152. The number of hydrogen-bond donors (Lipinski definition) is 0. The van der Waals surface area contributed by atoms with Gasteiger partial charge in [-0.3, -0.25) is 0 Å². The third-order valence-electron chi connectivity index (χ3n) is 3.14. The van der Waals surface area contributed by atoms with Gasteiger partial charge >= 0.3 is 5.97 Å². The Morgan fingerprint density at radius 3 is 2.45 bits per heavy atom. The van der Waals surface area contributed by atoms with Gasteiger partial charge in [0, 0.05) is 0 Å². The van der Waals surface area contributed by atoms with Crippen LogP contribution in [0.2, 0.25) is 0 Å². The zero-order valence-electron chi connectivity index (χ0n) is 12.6. The van der Waals surface area contributed by atoms with E-state index in [1.165, 1.54) is 12.8 Å². The Hall–Kier alpha value is -1.51. The minimum absolute atomic E-state index is 0.0159. The van der Waals surface area contributed by atoms with Crippen molar-refractivity contribution in [1.29, 1.82) is 0 Å². The number of hydrogen-bond acceptors (Lipinski definition) is 3. The van der Waals surface area contributed by atoms with E-state index < -0.39 is 0 Å². The van der Waals surface area contributed by atoms with Crippen LogP contribution in [0, 0.1) is 0 Å². The summed E-state index contributed by atoms with van der Waals surface area (Å²) < 4.78 is 10.9. The number of carbonyl (C=O) groups excluding carboxylic acids is 1. The highest BCUT2D eigenvalue weighted by atomic mass is 16.6. The summed E-state index contributed by atoms with van der Waals surface area (Å²) >= 11 is 0. The molecule has 3 nitrogen and oxygen atoms in total. The summed E-state index contributed by atoms with van der Waals surface area (Å²) in [5.74, 6) is 0.422. The second kappa shape index (κ2) is 10.3. The second-order valence-corrected chi connectivity index (χ2v) is 5.00. The van der Waals surface area contributed by atoms with Crippen LogP contribution >= 0.6 is 0 Å². The van der Waals surface area contributed by atoms with E-state index in [1.807, 2.05) is 30.3 Å². The Morgan fingerprint density at radius 2 is 1.80 bits per heavy atom. The molecule has 0 aliphatic rings. The van der Waals surface area contributed by atoms with Gasteiger partial charge < -0.3 is 9.47 Å². The number of unbranched alkanes of at least 4 members (excludes halogenated alkanes) is 2. The zero-order valence-corrected chi connectivity index (χ0v) is 12.6. The van der Waals surface area contributed by atoms with Gasteiger partial charge in [-0.15, -0.1) is 0 Å². The van der Waals surface area contributed by atoms with Crippen LogP contribution in [0.25, 0.3) is 0 Å². The number of rotatable bonds is 10. The summed E-state index contributed by atoms with van der Waals surface area (Å²) in [6, 6.07) is 9.34. The van der Waals surface area contributed by atoms with Crippen molar-refractivity contribution in [2.75, 3.05) is 6.61 Å². The van der Waals surface area contributed by atoms with Gasteiger partial charge in [0.15, 0.2) is 6.61 Å². The van der Waals surface area contributed by atoms with Gasteiger partial charge in [-0.05, 0) is 31.4 Å². The highest BCUT2D eigenvalue weighted by Gasteiger charge is 2.13. The quantitative estimate of drug-likeness (QED) is 0.471. The van der Waals surface area contributed by atoms with Crippen LogP contribution in [0.15, 0.2) is 30.3 Å². The molecule has 0 aliphatic carbocycles. The Morgan fingerprint density at radius 1 is 1.05 bits per heavy atom.